The molecule has 0 radical (unpaired) electrons. The molecule has 160 valence electrons. The fraction of sp³-hybridized carbons (Fsp3) is 0.0833. The van der Waals surface area contributed by atoms with Crippen LogP contribution in [-0.4, -0.2) is 33.8 Å². The fourth-order valence-electron chi connectivity index (χ4n) is 3.22. The van der Waals surface area contributed by atoms with E-state index < -0.39 is 0 Å². The molecule has 0 aliphatic carbocycles. The molecule has 0 unspecified atom stereocenters. The Bertz CT molecular complexity index is 1280. The Hall–Kier alpha value is -4.33. The van der Waals surface area contributed by atoms with Gasteiger partial charge >= 0.3 is 0 Å². The minimum atomic E-state index is -0.354. The summed E-state index contributed by atoms with van der Waals surface area (Å²) in [4.78, 5) is 24.4. The summed E-state index contributed by atoms with van der Waals surface area (Å²) < 4.78 is 20.1. The number of Topliss-reactive ketones (excluding diaryl/α,β-unsaturated/α-hetero) is 1. The van der Waals surface area contributed by atoms with E-state index >= 15 is 0 Å². The van der Waals surface area contributed by atoms with Gasteiger partial charge in [-0.05, 0) is 73.7 Å². The van der Waals surface area contributed by atoms with Crippen molar-refractivity contribution in [1.29, 1.82) is 0 Å². The molecule has 3 aromatic carbocycles. The summed E-state index contributed by atoms with van der Waals surface area (Å²) in [6.07, 6.45) is 1.59. The van der Waals surface area contributed by atoms with Crippen LogP contribution in [0, 0.1) is 5.82 Å². The molecule has 0 bridgehead atoms. The second-order valence-corrected chi connectivity index (χ2v) is 7.01. The van der Waals surface area contributed by atoms with Crippen molar-refractivity contribution in [3.63, 3.8) is 0 Å². The molecule has 1 N–H and O–H groups in total. The molecular formula is C24H19FN4O3. The van der Waals surface area contributed by atoms with Gasteiger partial charge in [-0.15, -0.1) is 5.10 Å². The number of carbonyl (C=O) groups excluding carboxylic acids is 2. The third kappa shape index (κ3) is 4.24. The monoisotopic (exact) mass is 430 g/mol. The first-order valence-electron chi connectivity index (χ1n) is 9.73. The van der Waals surface area contributed by atoms with Crippen molar-refractivity contribution in [2.24, 2.45) is 0 Å². The molecule has 4 rings (SSSR count). The third-order valence-corrected chi connectivity index (χ3v) is 4.92. The van der Waals surface area contributed by atoms with Crippen molar-refractivity contribution in [2.45, 2.75) is 6.92 Å². The van der Waals surface area contributed by atoms with E-state index in [1.165, 1.54) is 26.2 Å². The predicted octanol–water partition coefficient (Wildman–Crippen LogP) is 4.54. The summed E-state index contributed by atoms with van der Waals surface area (Å²) in [7, 11) is 1.49. The molecule has 1 amide bonds. The van der Waals surface area contributed by atoms with Crippen molar-refractivity contribution in [3.8, 4) is 22.7 Å². The van der Waals surface area contributed by atoms with Crippen molar-refractivity contribution in [1.82, 2.24) is 15.0 Å². The second-order valence-electron chi connectivity index (χ2n) is 7.01. The average molecular weight is 430 g/mol. The van der Waals surface area contributed by atoms with E-state index in [0.29, 0.717) is 33.9 Å². The van der Waals surface area contributed by atoms with Gasteiger partial charge in [0.1, 0.15) is 11.6 Å². The molecule has 0 saturated carbocycles. The van der Waals surface area contributed by atoms with Crippen molar-refractivity contribution in [3.05, 3.63) is 89.9 Å². The quantitative estimate of drug-likeness (QED) is 0.454. The molecular weight excluding hydrogens is 411 g/mol. The lowest BCUT2D eigenvalue weighted by Gasteiger charge is -2.12. The smallest absolute Gasteiger partial charge is 0.255 e. The van der Waals surface area contributed by atoms with Gasteiger partial charge < -0.3 is 10.1 Å². The Morgan fingerprint density at radius 2 is 1.66 bits per heavy atom. The third-order valence-electron chi connectivity index (χ3n) is 4.92. The summed E-state index contributed by atoms with van der Waals surface area (Å²) in [6.45, 7) is 1.45. The Kier molecular flexibility index (Phi) is 5.76. The van der Waals surface area contributed by atoms with Crippen molar-refractivity contribution < 1.29 is 18.7 Å². The average Bonchev–Trinajstić information content (AvgIpc) is 3.29. The molecule has 0 fully saturated rings. The molecule has 7 nitrogen and oxygen atoms in total. The molecule has 4 aromatic rings. The number of carbonyl (C=O) groups is 2. The van der Waals surface area contributed by atoms with Gasteiger partial charge in [0.25, 0.3) is 5.91 Å². The Morgan fingerprint density at radius 1 is 0.969 bits per heavy atom. The van der Waals surface area contributed by atoms with Gasteiger partial charge in [0.05, 0.1) is 30.4 Å². The summed E-state index contributed by atoms with van der Waals surface area (Å²) in [5, 5.41) is 10.8. The predicted molar refractivity (Wildman–Crippen MR) is 118 cm³/mol. The molecule has 0 aliphatic heterocycles. The van der Waals surface area contributed by atoms with Crippen LogP contribution in [0.5, 0.6) is 5.75 Å². The van der Waals surface area contributed by atoms with Crippen LogP contribution in [-0.2, 0) is 0 Å². The normalized spacial score (nSPS) is 10.6. The lowest BCUT2D eigenvalue weighted by Crippen LogP contribution is -2.13. The molecule has 0 aliphatic rings. The van der Waals surface area contributed by atoms with Crippen LogP contribution in [0.15, 0.2) is 72.9 Å². The lowest BCUT2D eigenvalue weighted by molar-refractivity contribution is 0.101. The lowest BCUT2D eigenvalue weighted by atomic mass is 10.1. The van der Waals surface area contributed by atoms with E-state index in [9.17, 15) is 14.0 Å². The Morgan fingerprint density at radius 3 is 2.31 bits per heavy atom. The van der Waals surface area contributed by atoms with Gasteiger partial charge in [-0.25, -0.2) is 9.07 Å². The molecule has 8 heteroatoms. The van der Waals surface area contributed by atoms with Crippen LogP contribution in [0.2, 0.25) is 0 Å². The molecule has 1 aromatic heterocycles. The van der Waals surface area contributed by atoms with Gasteiger partial charge in [0.15, 0.2) is 5.78 Å². The van der Waals surface area contributed by atoms with Crippen LogP contribution >= 0.6 is 0 Å². The summed E-state index contributed by atoms with van der Waals surface area (Å²) in [6, 6.07) is 17.7. The number of halogens is 1. The molecule has 32 heavy (non-hydrogen) atoms. The Balaban J connectivity index is 1.57. The highest BCUT2D eigenvalue weighted by Crippen LogP contribution is 2.27. The Labute approximate surface area is 183 Å². The first-order chi connectivity index (χ1) is 15.5. The standard InChI is InChI=1S/C24H19FN4O3/c1-15(30)18-7-12-23(32-2)21(13-18)27-24(31)17-5-10-20(11-6-17)29-22(14-26-28-29)16-3-8-19(25)9-4-16/h3-14H,1-2H3,(H,27,31). The zero-order valence-electron chi connectivity index (χ0n) is 17.4. The zero-order chi connectivity index (χ0) is 22.7. The van der Waals surface area contributed by atoms with Gasteiger partial charge in [-0.2, -0.15) is 0 Å². The van der Waals surface area contributed by atoms with Gasteiger partial charge in [0.2, 0.25) is 0 Å². The van der Waals surface area contributed by atoms with E-state index in [4.69, 9.17) is 4.74 Å². The number of anilines is 1. The highest BCUT2D eigenvalue weighted by Gasteiger charge is 2.14. The van der Waals surface area contributed by atoms with Crippen LogP contribution < -0.4 is 10.1 Å². The second kappa shape index (κ2) is 8.81. The minimum absolute atomic E-state index is 0.114. The van der Waals surface area contributed by atoms with E-state index in [2.05, 4.69) is 15.6 Å². The molecule has 0 saturated heterocycles. The highest BCUT2D eigenvalue weighted by atomic mass is 19.1. The van der Waals surface area contributed by atoms with Crippen LogP contribution in [0.4, 0.5) is 10.1 Å². The minimum Gasteiger partial charge on any atom is -0.495 e. The number of benzene rings is 3. The van der Waals surface area contributed by atoms with Crippen LogP contribution in [0.1, 0.15) is 27.6 Å². The first-order valence-corrected chi connectivity index (χ1v) is 9.73. The SMILES string of the molecule is COc1ccc(C(C)=O)cc1NC(=O)c1ccc(-n2nncc2-c2ccc(F)cc2)cc1. The number of rotatable bonds is 6. The van der Waals surface area contributed by atoms with Crippen molar-refractivity contribution in [2.75, 3.05) is 12.4 Å². The highest BCUT2D eigenvalue weighted by molar-refractivity contribution is 6.06. The summed E-state index contributed by atoms with van der Waals surface area (Å²) in [5.41, 5.74) is 3.42. The van der Waals surface area contributed by atoms with Gasteiger partial charge in [0, 0.05) is 16.7 Å². The molecule has 0 atom stereocenters. The first kappa shape index (κ1) is 20.9. The van der Waals surface area contributed by atoms with E-state index in [1.54, 1.807) is 65.5 Å². The molecule has 0 spiro atoms. The maximum atomic E-state index is 13.2. The van der Waals surface area contributed by atoms with E-state index in [1.807, 2.05) is 0 Å². The van der Waals surface area contributed by atoms with E-state index in [0.717, 1.165) is 5.56 Å². The van der Waals surface area contributed by atoms with Crippen LogP contribution in [0.25, 0.3) is 16.9 Å². The number of aromatic nitrogens is 3. The zero-order valence-corrected chi connectivity index (χ0v) is 17.4. The maximum Gasteiger partial charge on any atom is 0.255 e. The largest absolute Gasteiger partial charge is 0.495 e. The number of nitrogens with one attached hydrogen (secondary N) is 1. The van der Waals surface area contributed by atoms with E-state index in [-0.39, 0.29) is 17.5 Å². The fourth-order valence-corrected chi connectivity index (χ4v) is 3.22. The summed E-state index contributed by atoms with van der Waals surface area (Å²) >= 11 is 0. The number of amides is 1. The van der Waals surface area contributed by atoms with Crippen LogP contribution in [0.3, 0.4) is 0 Å². The number of hydrogen-bond donors (Lipinski definition) is 1. The van der Waals surface area contributed by atoms with Gasteiger partial charge in [-0.1, -0.05) is 5.21 Å². The van der Waals surface area contributed by atoms with Gasteiger partial charge in [-0.3, -0.25) is 9.59 Å². The van der Waals surface area contributed by atoms with Crippen molar-refractivity contribution >= 4 is 17.4 Å². The maximum absolute atomic E-state index is 13.2. The number of methoxy groups -OCH3 is 1. The molecule has 1 heterocycles. The topological polar surface area (TPSA) is 86.1 Å². The number of ether oxygens (including phenoxy) is 1. The number of ketones is 1. The summed E-state index contributed by atoms with van der Waals surface area (Å²) in [5.74, 6) is -0.342. The number of hydrogen-bond acceptors (Lipinski definition) is 5. The number of nitrogens with zero attached hydrogens (tertiary/aromatic N) is 3.